The largest absolute Gasteiger partial charge is 0.497 e. The number of ether oxygens (including phenoxy) is 1. The Labute approximate surface area is 229 Å². The van der Waals surface area contributed by atoms with Crippen molar-refractivity contribution in [3.63, 3.8) is 0 Å². The number of furan rings is 1. The van der Waals surface area contributed by atoms with Crippen LogP contribution in [0.15, 0.2) is 71.3 Å². The first kappa shape index (κ1) is 26.4. The Morgan fingerprint density at radius 3 is 2.51 bits per heavy atom. The molecule has 0 spiro atoms. The number of benzene rings is 2. The van der Waals surface area contributed by atoms with Gasteiger partial charge in [0.15, 0.2) is 0 Å². The lowest BCUT2D eigenvalue weighted by Crippen LogP contribution is -2.45. The quantitative estimate of drug-likeness (QED) is 0.283. The van der Waals surface area contributed by atoms with Gasteiger partial charge in [-0.3, -0.25) is 9.59 Å². The molecule has 1 atom stereocenters. The lowest BCUT2D eigenvalue weighted by atomic mass is 10.0. The van der Waals surface area contributed by atoms with Crippen LogP contribution in [0, 0.1) is 5.82 Å². The number of carbonyl (C=O) groups excluding carboxylic acids is 2. The van der Waals surface area contributed by atoms with Gasteiger partial charge in [-0.05, 0) is 78.5 Å². The minimum Gasteiger partial charge on any atom is -0.497 e. The minimum absolute atomic E-state index is 0.0316. The van der Waals surface area contributed by atoms with Crippen molar-refractivity contribution in [3.8, 4) is 17.0 Å². The highest BCUT2D eigenvalue weighted by atomic mass is 32.1. The fourth-order valence-corrected chi connectivity index (χ4v) is 5.63. The average Bonchev–Trinajstić information content (AvgIpc) is 3.72. The van der Waals surface area contributed by atoms with Gasteiger partial charge in [0, 0.05) is 11.6 Å². The number of nitrogens with zero attached hydrogens (tertiary/aromatic N) is 2. The van der Waals surface area contributed by atoms with Gasteiger partial charge in [-0.25, -0.2) is 4.39 Å². The first-order valence-electron chi connectivity index (χ1n) is 12.7. The van der Waals surface area contributed by atoms with Crippen LogP contribution in [0.1, 0.15) is 52.7 Å². The Morgan fingerprint density at radius 1 is 1.15 bits per heavy atom. The van der Waals surface area contributed by atoms with Crippen LogP contribution in [0.25, 0.3) is 11.3 Å². The number of halogens is 1. The molecule has 2 heterocycles. The van der Waals surface area contributed by atoms with Crippen LogP contribution in [-0.2, 0) is 11.3 Å². The van der Waals surface area contributed by atoms with Gasteiger partial charge in [0.05, 0.1) is 25.6 Å². The van der Waals surface area contributed by atoms with Crippen molar-refractivity contribution in [2.75, 3.05) is 12.8 Å². The topological polar surface area (TPSA) is 111 Å². The molecular weight excluding hydrogens is 519 g/mol. The van der Waals surface area contributed by atoms with Crippen LogP contribution < -0.4 is 15.8 Å². The lowest BCUT2D eigenvalue weighted by Gasteiger charge is -2.31. The fourth-order valence-electron chi connectivity index (χ4n) is 4.86. The summed E-state index contributed by atoms with van der Waals surface area (Å²) >= 11 is 0.945. The van der Waals surface area contributed by atoms with Crippen molar-refractivity contribution in [1.29, 1.82) is 0 Å². The number of amides is 2. The molecule has 1 fully saturated rings. The molecule has 1 aliphatic carbocycles. The van der Waals surface area contributed by atoms with E-state index in [9.17, 15) is 14.0 Å². The molecule has 8 nitrogen and oxygen atoms in total. The van der Waals surface area contributed by atoms with Crippen molar-refractivity contribution in [2.24, 2.45) is 0 Å². The van der Waals surface area contributed by atoms with Crippen molar-refractivity contribution in [3.05, 3.63) is 88.9 Å². The number of nitrogens with one attached hydrogen (secondary N) is 1. The SMILES string of the molecule is COc1ccc([C@@H](C(=O)NC2CCCC2)N(Cc2ccco2)C(=O)c2snc(-c3ccc(F)cc3)c2N)cc1. The van der Waals surface area contributed by atoms with E-state index in [4.69, 9.17) is 14.9 Å². The van der Waals surface area contributed by atoms with Gasteiger partial charge in [-0.15, -0.1) is 0 Å². The molecule has 10 heteroatoms. The monoisotopic (exact) mass is 548 g/mol. The van der Waals surface area contributed by atoms with Crippen molar-refractivity contribution < 1.29 is 23.1 Å². The van der Waals surface area contributed by atoms with Crippen LogP contribution in [0.3, 0.4) is 0 Å². The highest BCUT2D eigenvalue weighted by Crippen LogP contribution is 2.35. The number of carbonyl (C=O) groups is 2. The van der Waals surface area contributed by atoms with Gasteiger partial charge in [-0.2, -0.15) is 4.37 Å². The van der Waals surface area contributed by atoms with E-state index in [1.807, 2.05) is 0 Å². The molecule has 1 saturated carbocycles. The molecule has 0 bridgehead atoms. The van der Waals surface area contributed by atoms with Crippen molar-refractivity contribution in [1.82, 2.24) is 14.6 Å². The zero-order chi connectivity index (χ0) is 27.4. The number of nitrogens with two attached hydrogens (primary N) is 1. The molecule has 2 amide bonds. The summed E-state index contributed by atoms with van der Waals surface area (Å²) in [6.45, 7) is 0.0316. The summed E-state index contributed by atoms with van der Waals surface area (Å²) in [5.41, 5.74) is 8.20. The molecule has 4 aromatic rings. The third-order valence-electron chi connectivity index (χ3n) is 6.90. The highest BCUT2D eigenvalue weighted by Gasteiger charge is 2.36. The van der Waals surface area contributed by atoms with Gasteiger partial charge in [0.2, 0.25) is 5.91 Å². The van der Waals surface area contributed by atoms with Gasteiger partial charge in [0.25, 0.3) is 5.91 Å². The molecule has 3 N–H and O–H groups in total. The van der Waals surface area contributed by atoms with Crippen LogP contribution in [0.2, 0.25) is 0 Å². The lowest BCUT2D eigenvalue weighted by molar-refractivity contribution is -0.126. The van der Waals surface area contributed by atoms with Crippen LogP contribution in [0.5, 0.6) is 5.75 Å². The number of anilines is 1. The summed E-state index contributed by atoms with van der Waals surface area (Å²) in [7, 11) is 1.57. The molecule has 5 rings (SSSR count). The molecule has 0 aliphatic heterocycles. The molecule has 0 radical (unpaired) electrons. The third kappa shape index (κ3) is 5.80. The number of aromatic nitrogens is 1. The number of nitrogen functional groups attached to an aromatic ring is 1. The standard InChI is InChI=1S/C29H29FN4O4S/c1-37-22-14-10-19(11-15-22)26(28(35)32-21-5-2-3-6-21)34(17-23-7-4-16-38-23)29(36)27-24(31)25(33-39-27)18-8-12-20(30)13-9-18/h4,7-16,21,26H,2-3,5-6,17,31H2,1H3,(H,32,35)/t26-/m0/s1. The second-order valence-electron chi connectivity index (χ2n) is 9.46. The first-order chi connectivity index (χ1) is 18.9. The van der Waals surface area contributed by atoms with E-state index < -0.39 is 11.9 Å². The van der Waals surface area contributed by atoms with Gasteiger partial charge < -0.3 is 25.1 Å². The maximum absolute atomic E-state index is 14.2. The van der Waals surface area contributed by atoms with E-state index in [0.717, 1.165) is 37.2 Å². The molecule has 2 aromatic heterocycles. The number of methoxy groups -OCH3 is 1. The summed E-state index contributed by atoms with van der Waals surface area (Å²) in [4.78, 5) is 29.7. The molecular formula is C29H29FN4O4S. The predicted octanol–water partition coefficient (Wildman–Crippen LogP) is 5.58. The Balaban J connectivity index is 1.55. The summed E-state index contributed by atoms with van der Waals surface area (Å²) in [6, 6.07) is 15.4. The smallest absolute Gasteiger partial charge is 0.269 e. The Bertz CT molecular complexity index is 1410. The summed E-state index contributed by atoms with van der Waals surface area (Å²) < 4.78 is 28.8. The summed E-state index contributed by atoms with van der Waals surface area (Å²) in [6.07, 6.45) is 5.42. The second-order valence-corrected chi connectivity index (χ2v) is 10.2. The summed E-state index contributed by atoms with van der Waals surface area (Å²) in [5.74, 6) is 0.0145. The predicted molar refractivity (Wildman–Crippen MR) is 147 cm³/mol. The van der Waals surface area contributed by atoms with Crippen LogP contribution in [0.4, 0.5) is 10.1 Å². The maximum atomic E-state index is 14.2. The van der Waals surface area contributed by atoms with Gasteiger partial charge >= 0.3 is 0 Å². The minimum atomic E-state index is -0.968. The van der Waals surface area contributed by atoms with E-state index in [1.54, 1.807) is 55.6 Å². The van der Waals surface area contributed by atoms with E-state index in [0.29, 0.717) is 28.3 Å². The molecule has 0 unspecified atom stereocenters. The number of rotatable bonds is 9. The Morgan fingerprint density at radius 2 is 1.87 bits per heavy atom. The fraction of sp³-hybridized carbons (Fsp3) is 0.276. The van der Waals surface area contributed by atoms with Gasteiger partial charge in [0.1, 0.15) is 33.9 Å². The maximum Gasteiger partial charge on any atom is 0.269 e. The molecule has 2 aromatic carbocycles. The van der Waals surface area contributed by atoms with Crippen molar-refractivity contribution in [2.45, 2.75) is 44.3 Å². The zero-order valence-corrected chi connectivity index (χ0v) is 22.2. The van der Waals surface area contributed by atoms with E-state index >= 15 is 0 Å². The van der Waals surface area contributed by atoms with Gasteiger partial charge in [-0.1, -0.05) is 25.0 Å². The van der Waals surface area contributed by atoms with E-state index in [1.165, 1.54) is 23.3 Å². The Kier molecular flexibility index (Phi) is 7.92. The average molecular weight is 549 g/mol. The molecule has 202 valence electrons. The first-order valence-corrected chi connectivity index (χ1v) is 13.5. The molecule has 0 saturated heterocycles. The Hall–Kier alpha value is -4.18. The third-order valence-corrected chi connectivity index (χ3v) is 7.75. The number of hydrogen-bond donors (Lipinski definition) is 2. The summed E-state index contributed by atoms with van der Waals surface area (Å²) in [5, 5.41) is 3.15. The second kappa shape index (κ2) is 11.7. The highest BCUT2D eigenvalue weighted by molar-refractivity contribution is 7.09. The van der Waals surface area contributed by atoms with Crippen LogP contribution in [-0.4, -0.2) is 34.2 Å². The van der Waals surface area contributed by atoms with Crippen LogP contribution >= 0.6 is 11.5 Å². The zero-order valence-electron chi connectivity index (χ0n) is 21.4. The van der Waals surface area contributed by atoms with E-state index in [-0.39, 0.29) is 34.9 Å². The molecule has 1 aliphatic rings. The normalized spacial score (nSPS) is 14.2. The van der Waals surface area contributed by atoms with Crippen molar-refractivity contribution >= 4 is 29.0 Å². The number of hydrogen-bond acceptors (Lipinski definition) is 7. The molecule has 39 heavy (non-hydrogen) atoms. The van der Waals surface area contributed by atoms with E-state index in [2.05, 4.69) is 9.69 Å².